The van der Waals surface area contributed by atoms with Crippen LogP contribution in [0.5, 0.6) is 0 Å². The van der Waals surface area contributed by atoms with Crippen molar-refractivity contribution in [1.29, 1.82) is 0 Å². The number of halogens is 1. The number of aryl methyl sites for hydroxylation is 1. The van der Waals surface area contributed by atoms with Gasteiger partial charge in [0, 0.05) is 5.56 Å². The highest BCUT2D eigenvalue weighted by Gasteiger charge is 1.99. The molecule has 0 aliphatic heterocycles. The van der Waals surface area contributed by atoms with Crippen molar-refractivity contribution in [3.63, 3.8) is 0 Å². The van der Waals surface area contributed by atoms with E-state index in [1.54, 1.807) is 12.4 Å². The van der Waals surface area contributed by atoms with Gasteiger partial charge in [0.25, 0.3) is 0 Å². The minimum atomic E-state index is 0.758. The Balaban J connectivity index is 2.44. The summed E-state index contributed by atoms with van der Waals surface area (Å²) in [7, 11) is 0. The molecular formula is C11H9BrN2. The maximum atomic E-state index is 4.28. The molecule has 1 heterocycles. The molecule has 3 heteroatoms. The van der Waals surface area contributed by atoms with Crippen molar-refractivity contribution in [3.8, 4) is 11.3 Å². The van der Waals surface area contributed by atoms with Crippen LogP contribution in [-0.4, -0.2) is 9.97 Å². The van der Waals surface area contributed by atoms with E-state index in [9.17, 15) is 0 Å². The number of hydrogen-bond donors (Lipinski definition) is 0. The minimum absolute atomic E-state index is 0.758. The highest BCUT2D eigenvalue weighted by atomic mass is 79.9. The van der Waals surface area contributed by atoms with Gasteiger partial charge in [-0.15, -0.1) is 0 Å². The maximum Gasteiger partial charge on any atom is 0.124 e. The van der Waals surface area contributed by atoms with E-state index in [4.69, 9.17) is 0 Å². The monoisotopic (exact) mass is 248 g/mol. The Labute approximate surface area is 91.2 Å². The highest BCUT2D eigenvalue weighted by Crippen LogP contribution is 2.17. The van der Waals surface area contributed by atoms with E-state index in [2.05, 4.69) is 45.0 Å². The molecule has 0 aliphatic carbocycles. The summed E-state index contributed by atoms with van der Waals surface area (Å²) in [5.41, 5.74) is 3.23. The van der Waals surface area contributed by atoms with Crippen molar-refractivity contribution < 1.29 is 0 Å². The lowest BCUT2D eigenvalue weighted by atomic mass is 10.1. The molecule has 14 heavy (non-hydrogen) atoms. The van der Waals surface area contributed by atoms with Crippen LogP contribution in [0.1, 0.15) is 5.56 Å². The summed E-state index contributed by atoms with van der Waals surface area (Å²) >= 11 is 3.26. The van der Waals surface area contributed by atoms with E-state index in [1.807, 2.05) is 12.1 Å². The van der Waals surface area contributed by atoms with E-state index in [1.165, 1.54) is 5.56 Å². The SMILES string of the molecule is Cc1cccc(-c2cnc(Br)cn2)c1. The fourth-order valence-electron chi connectivity index (χ4n) is 1.27. The lowest BCUT2D eigenvalue weighted by molar-refractivity contribution is 1.17. The first-order valence-electron chi connectivity index (χ1n) is 4.30. The molecule has 70 valence electrons. The van der Waals surface area contributed by atoms with Gasteiger partial charge >= 0.3 is 0 Å². The number of benzene rings is 1. The zero-order valence-corrected chi connectivity index (χ0v) is 9.32. The summed E-state index contributed by atoms with van der Waals surface area (Å²) in [6.45, 7) is 2.07. The second kappa shape index (κ2) is 3.88. The van der Waals surface area contributed by atoms with Gasteiger partial charge in [-0.2, -0.15) is 0 Å². The molecule has 0 atom stereocenters. The lowest BCUT2D eigenvalue weighted by Crippen LogP contribution is -1.86. The van der Waals surface area contributed by atoms with Gasteiger partial charge in [0.1, 0.15) is 4.60 Å². The molecule has 0 spiro atoms. The first kappa shape index (κ1) is 9.34. The molecule has 0 amide bonds. The average Bonchev–Trinajstić information content (AvgIpc) is 2.19. The molecule has 0 saturated heterocycles. The summed E-state index contributed by atoms with van der Waals surface area (Å²) in [4.78, 5) is 8.42. The number of hydrogen-bond acceptors (Lipinski definition) is 2. The molecule has 0 radical (unpaired) electrons. The van der Waals surface area contributed by atoms with Crippen LogP contribution >= 0.6 is 15.9 Å². The van der Waals surface area contributed by atoms with Gasteiger partial charge in [-0.3, -0.25) is 4.98 Å². The normalized spacial score (nSPS) is 10.1. The average molecular weight is 249 g/mol. The van der Waals surface area contributed by atoms with E-state index < -0.39 is 0 Å². The summed E-state index contributed by atoms with van der Waals surface area (Å²) in [5.74, 6) is 0. The number of rotatable bonds is 1. The molecule has 0 saturated carbocycles. The van der Waals surface area contributed by atoms with E-state index in [0.29, 0.717) is 0 Å². The van der Waals surface area contributed by atoms with Gasteiger partial charge in [-0.05, 0) is 28.9 Å². The topological polar surface area (TPSA) is 25.8 Å². The van der Waals surface area contributed by atoms with Crippen molar-refractivity contribution >= 4 is 15.9 Å². The van der Waals surface area contributed by atoms with Gasteiger partial charge < -0.3 is 0 Å². The van der Waals surface area contributed by atoms with Crippen LogP contribution in [0.15, 0.2) is 41.3 Å². The van der Waals surface area contributed by atoms with E-state index in [-0.39, 0.29) is 0 Å². The van der Waals surface area contributed by atoms with Gasteiger partial charge in [0.05, 0.1) is 18.1 Å². The number of aromatic nitrogens is 2. The Bertz CT molecular complexity index is 437. The maximum absolute atomic E-state index is 4.28. The summed E-state index contributed by atoms with van der Waals surface area (Å²) < 4.78 is 0.758. The van der Waals surface area contributed by atoms with Crippen LogP contribution < -0.4 is 0 Å². The third kappa shape index (κ3) is 1.99. The molecule has 1 aromatic heterocycles. The van der Waals surface area contributed by atoms with Crippen molar-refractivity contribution in [2.75, 3.05) is 0 Å². The first-order chi connectivity index (χ1) is 6.75. The minimum Gasteiger partial charge on any atom is -0.252 e. The van der Waals surface area contributed by atoms with Crippen LogP contribution in [0.4, 0.5) is 0 Å². The molecular weight excluding hydrogens is 240 g/mol. The van der Waals surface area contributed by atoms with Crippen LogP contribution in [-0.2, 0) is 0 Å². The quantitative estimate of drug-likeness (QED) is 0.775. The molecule has 2 nitrogen and oxygen atoms in total. The fraction of sp³-hybridized carbons (Fsp3) is 0.0909. The zero-order valence-electron chi connectivity index (χ0n) is 7.74. The fourth-order valence-corrected chi connectivity index (χ4v) is 1.47. The lowest BCUT2D eigenvalue weighted by Gasteiger charge is -2.00. The van der Waals surface area contributed by atoms with Crippen LogP contribution in [0, 0.1) is 6.92 Å². The third-order valence-corrected chi connectivity index (χ3v) is 2.34. The standard InChI is InChI=1S/C11H9BrN2/c1-8-3-2-4-9(5-8)10-6-14-11(12)7-13-10/h2-7H,1H3. The highest BCUT2D eigenvalue weighted by molar-refractivity contribution is 9.10. The van der Waals surface area contributed by atoms with Crippen molar-refractivity contribution in [1.82, 2.24) is 9.97 Å². The predicted octanol–water partition coefficient (Wildman–Crippen LogP) is 3.21. The Morgan fingerprint density at radius 1 is 1.14 bits per heavy atom. The molecule has 0 fully saturated rings. The van der Waals surface area contributed by atoms with Crippen LogP contribution in [0.3, 0.4) is 0 Å². The van der Waals surface area contributed by atoms with Gasteiger partial charge in [0.15, 0.2) is 0 Å². The zero-order chi connectivity index (χ0) is 9.97. The second-order valence-corrected chi connectivity index (χ2v) is 3.91. The van der Waals surface area contributed by atoms with Gasteiger partial charge in [-0.1, -0.05) is 23.8 Å². The summed E-state index contributed by atoms with van der Waals surface area (Å²) in [5, 5.41) is 0. The first-order valence-corrected chi connectivity index (χ1v) is 5.09. The largest absolute Gasteiger partial charge is 0.252 e. The Hall–Kier alpha value is -1.22. The molecule has 2 rings (SSSR count). The molecule has 0 unspecified atom stereocenters. The van der Waals surface area contributed by atoms with E-state index >= 15 is 0 Å². The van der Waals surface area contributed by atoms with Crippen LogP contribution in [0.25, 0.3) is 11.3 Å². The van der Waals surface area contributed by atoms with Gasteiger partial charge in [-0.25, -0.2) is 4.98 Å². The Morgan fingerprint density at radius 3 is 2.64 bits per heavy atom. The smallest absolute Gasteiger partial charge is 0.124 e. The Morgan fingerprint density at radius 2 is 2.00 bits per heavy atom. The van der Waals surface area contributed by atoms with Crippen molar-refractivity contribution in [3.05, 3.63) is 46.8 Å². The third-order valence-electron chi connectivity index (χ3n) is 1.93. The molecule has 0 N–H and O–H groups in total. The molecule has 2 aromatic rings. The number of nitrogens with zero attached hydrogens (tertiary/aromatic N) is 2. The molecule has 1 aromatic carbocycles. The van der Waals surface area contributed by atoms with Crippen LogP contribution in [0.2, 0.25) is 0 Å². The van der Waals surface area contributed by atoms with Crippen molar-refractivity contribution in [2.24, 2.45) is 0 Å². The summed E-state index contributed by atoms with van der Waals surface area (Å²) in [6, 6.07) is 8.22. The van der Waals surface area contributed by atoms with Crippen molar-refractivity contribution in [2.45, 2.75) is 6.92 Å². The van der Waals surface area contributed by atoms with Gasteiger partial charge in [0.2, 0.25) is 0 Å². The molecule has 0 aliphatic rings. The summed E-state index contributed by atoms with van der Waals surface area (Å²) in [6.07, 6.45) is 3.47. The molecule has 0 bridgehead atoms. The second-order valence-electron chi connectivity index (χ2n) is 3.09. The van der Waals surface area contributed by atoms with E-state index in [0.717, 1.165) is 15.9 Å². The Kier molecular flexibility index (Phi) is 2.59. The predicted molar refractivity (Wildman–Crippen MR) is 59.9 cm³/mol.